The first-order valence-corrected chi connectivity index (χ1v) is 9.90. The standard InChI is InChI=1S/C24H31NO3/c1-14-8-9-19-20(13-24(6,7)28-22(19)11-14)25-23(26)18(5)27-21-12-15(2)10-16(3)17(21)4/h8-12,18,20H,13H2,1-7H3,(H,25,26)/t18-,20-/m1/s1. The average Bonchev–Trinajstić information content (AvgIpc) is 2.57. The third-order valence-corrected chi connectivity index (χ3v) is 5.38. The average molecular weight is 382 g/mol. The van der Waals surface area contributed by atoms with Crippen LogP contribution in [0.2, 0.25) is 0 Å². The SMILES string of the molecule is Cc1ccc2c(c1)OC(C)(C)C[C@H]2NC(=O)[C@@H](C)Oc1cc(C)cc(C)c1C. The second-order valence-electron chi connectivity index (χ2n) is 8.63. The van der Waals surface area contributed by atoms with Crippen LogP contribution in [-0.2, 0) is 4.79 Å². The molecule has 1 amide bonds. The Morgan fingerprint density at radius 3 is 2.57 bits per heavy atom. The topological polar surface area (TPSA) is 47.6 Å². The van der Waals surface area contributed by atoms with E-state index in [1.807, 2.05) is 39.0 Å². The van der Waals surface area contributed by atoms with Crippen LogP contribution >= 0.6 is 0 Å². The third-order valence-electron chi connectivity index (χ3n) is 5.38. The molecule has 2 aromatic carbocycles. The van der Waals surface area contributed by atoms with E-state index in [1.54, 1.807) is 6.92 Å². The van der Waals surface area contributed by atoms with Gasteiger partial charge < -0.3 is 14.8 Å². The number of hydrogen-bond donors (Lipinski definition) is 1. The summed E-state index contributed by atoms with van der Waals surface area (Å²) in [4.78, 5) is 12.9. The molecule has 0 bridgehead atoms. The Hall–Kier alpha value is -2.49. The molecule has 0 saturated carbocycles. The highest BCUT2D eigenvalue weighted by Crippen LogP contribution is 2.40. The Morgan fingerprint density at radius 2 is 1.86 bits per heavy atom. The van der Waals surface area contributed by atoms with Gasteiger partial charge in [0.1, 0.15) is 17.1 Å². The van der Waals surface area contributed by atoms with Gasteiger partial charge in [-0.15, -0.1) is 0 Å². The van der Waals surface area contributed by atoms with Gasteiger partial charge in [0.05, 0.1) is 6.04 Å². The van der Waals surface area contributed by atoms with Crippen molar-refractivity contribution in [1.82, 2.24) is 5.32 Å². The van der Waals surface area contributed by atoms with Crippen LogP contribution in [-0.4, -0.2) is 17.6 Å². The monoisotopic (exact) mass is 381 g/mol. The number of hydrogen-bond acceptors (Lipinski definition) is 3. The number of carbonyl (C=O) groups is 1. The van der Waals surface area contributed by atoms with E-state index in [0.29, 0.717) is 6.42 Å². The van der Waals surface area contributed by atoms with Gasteiger partial charge in [-0.3, -0.25) is 4.79 Å². The summed E-state index contributed by atoms with van der Waals surface area (Å²) in [5.41, 5.74) is 5.18. The minimum atomic E-state index is -0.584. The first-order chi connectivity index (χ1) is 13.1. The van der Waals surface area contributed by atoms with Gasteiger partial charge in [0.2, 0.25) is 0 Å². The van der Waals surface area contributed by atoms with Crippen molar-refractivity contribution in [3.8, 4) is 11.5 Å². The van der Waals surface area contributed by atoms with E-state index >= 15 is 0 Å². The molecule has 2 atom stereocenters. The molecule has 1 N–H and O–H groups in total. The van der Waals surface area contributed by atoms with Gasteiger partial charge in [-0.2, -0.15) is 0 Å². The van der Waals surface area contributed by atoms with Crippen molar-refractivity contribution in [2.45, 2.75) is 72.6 Å². The summed E-state index contributed by atoms with van der Waals surface area (Å²) in [7, 11) is 0. The van der Waals surface area contributed by atoms with Crippen molar-refractivity contribution in [1.29, 1.82) is 0 Å². The quantitative estimate of drug-likeness (QED) is 0.801. The summed E-state index contributed by atoms with van der Waals surface area (Å²) in [6, 6.07) is 10.1. The van der Waals surface area contributed by atoms with Crippen LogP contribution < -0.4 is 14.8 Å². The second kappa shape index (κ2) is 7.50. The largest absolute Gasteiger partial charge is 0.487 e. The molecule has 3 rings (SSSR count). The maximum atomic E-state index is 12.9. The van der Waals surface area contributed by atoms with Crippen molar-refractivity contribution >= 4 is 5.91 Å². The Kier molecular flexibility index (Phi) is 5.42. The second-order valence-corrected chi connectivity index (χ2v) is 8.63. The number of benzene rings is 2. The lowest BCUT2D eigenvalue weighted by Gasteiger charge is -2.38. The molecule has 4 heteroatoms. The summed E-state index contributed by atoms with van der Waals surface area (Å²) in [5, 5.41) is 3.17. The van der Waals surface area contributed by atoms with Crippen molar-refractivity contribution in [2.75, 3.05) is 0 Å². The predicted molar refractivity (Wildman–Crippen MR) is 112 cm³/mol. The summed E-state index contributed by atoms with van der Waals surface area (Å²) >= 11 is 0. The van der Waals surface area contributed by atoms with Crippen LogP contribution in [0, 0.1) is 27.7 Å². The first-order valence-electron chi connectivity index (χ1n) is 9.90. The fourth-order valence-corrected chi connectivity index (χ4v) is 3.74. The first kappa shape index (κ1) is 20.2. The molecule has 0 saturated heterocycles. The number of aryl methyl sites for hydroxylation is 3. The lowest BCUT2D eigenvalue weighted by atomic mass is 9.89. The van der Waals surface area contributed by atoms with Crippen LogP contribution in [0.1, 0.15) is 61.1 Å². The molecule has 1 aliphatic heterocycles. The highest BCUT2D eigenvalue weighted by Gasteiger charge is 2.35. The number of fused-ring (bicyclic) bond motifs is 1. The molecule has 28 heavy (non-hydrogen) atoms. The summed E-state index contributed by atoms with van der Waals surface area (Å²) < 4.78 is 12.2. The van der Waals surface area contributed by atoms with Gasteiger partial charge in [0, 0.05) is 12.0 Å². The molecule has 0 aliphatic carbocycles. The fourth-order valence-electron chi connectivity index (χ4n) is 3.74. The summed E-state index contributed by atoms with van der Waals surface area (Å²) in [6.45, 7) is 14.1. The molecule has 1 heterocycles. The zero-order valence-corrected chi connectivity index (χ0v) is 18.0. The van der Waals surface area contributed by atoms with Gasteiger partial charge in [-0.1, -0.05) is 18.2 Å². The van der Waals surface area contributed by atoms with Crippen molar-refractivity contribution in [3.63, 3.8) is 0 Å². The molecular formula is C24H31NO3. The molecule has 4 nitrogen and oxygen atoms in total. The molecule has 0 unspecified atom stereocenters. The minimum absolute atomic E-state index is 0.0988. The Labute approximate surface area is 168 Å². The van der Waals surface area contributed by atoms with Crippen LogP contribution in [0.15, 0.2) is 30.3 Å². The maximum Gasteiger partial charge on any atom is 0.261 e. The lowest BCUT2D eigenvalue weighted by molar-refractivity contribution is -0.128. The van der Waals surface area contributed by atoms with Crippen LogP contribution in [0.3, 0.4) is 0 Å². The Morgan fingerprint density at radius 1 is 1.14 bits per heavy atom. The van der Waals surface area contributed by atoms with Crippen LogP contribution in [0.25, 0.3) is 0 Å². The third kappa shape index (κ3) is 4.32. The van der Waals surface area contributed by atoms with Crippen molar-refractivity contribution < 1.29 is 14.3 Å². The molecule has 0 radical (unpaired) electrons. The number of amides is 1. The van der Waals surface area contributed by atoms with Crippen LogP contribution in [0.4, 0.5) is 0 Å². The van der Waals surface area contributed by atoms with Crippen molar-refractivity contribution in [3.05, 3.63) is 58.1 Å². The number of ether oxygens (including phenoxy) is 2. The molecule has 150 valence electrons. The number of carbonyl (C=O) groups excluding carboxylic acids is 1. The van der Waals surface area contributed by atoms with E-state index in [9.17, 15) is 4.79 Å². The van der Waals surface area contributed by atoms with Gasteiger partial charge >= 0.3 is 0 Å². The summed E-state index contributed by atoms with van der Waals surface area (Å²) in [6.07, 6.45) is 0.129. The normalized spacial score (nSPS) is 18.6. The van der Waals surface area contributed by atoms with Gasteiger partial charge in [-0.05, 0) is 82.9 Å². The van der Waals surface area contributed by atoms with E-state index in [-0.39, 0.29) is 17.6 Å². The maximum absolute atomic E-state index is 12.9. The van der Waals surface area contributed by atoms with Gasteiger partial charge in [0.15, 0.2) is 6.10 Å². The smallest absolute Gasteiger partial charge is 0.261 e. The highest BCUT2D eigenvalue weighted by atomic mass is 16.5. The Bertz CT molecular complexity index is 901. The van der Waals surface area contributed by atoms with Gasteiger partial charge in [0.25, 0.3) is 5.91 Å². The highest BCUT2D eigenvalue weighted by molar-refractivity contribution is 5.81. The van der Waals surface area contributed by atoms with Crippen molar-refractivity contribution in [2.24, 2.45) is 0 Å². The lowest BCUT2D eigenvalue weighted by Crippen LogP contribution is -2.44. The van der Waals surface area contributed by atoms with E-state index in [2.05, 4.69) is 38.2 Å². The van der Waals surface area contributed by atoms with E-state index in [4.69, 9.17) is 9.47 Å². The van der Waals surface area contributed by atoms with E-state index in [1.165, 1.54) is 0 Å². The number of rotatable bonds is 4. The molecule has 0 aromatic heterocycles. The predicted octanol–water partition coefficient (Wildman–Crippen LogP) is 5.11. The molecule has 1 aliphatic rings. The summed E-state index contributed by atoms with van der Waals surface area (Å²) in [5.74, 6) is 1.50. The molecule has 0 fully saturated rings. The van der Waals surface area contributed by atoms with Gasteiger partial charge in [-0.25, -0.2) is 0 Å². The zero-order chi connectivity index (χ0) is 20.6. The molecule has 2 aromatic rings. The molecular weight excluding hydrogens is 350 g/mol. The minimum Gasteiger partial charge on any atom is -0.487 e. The van der Waals surface area contributed by atoms with Crippen LogP contribution in [0.5, 0.6) is 11.5 Å². The fraction of sp³-hybridized carbons (Fsp3) is 0.458. The molecule has 0 spiro atoms. The van der Waals surface area contributed by atoms with E-state index < -0.39 is 6.10 Å². The van der Waals surface area contributed by atoms with E-state index in [0.717, 1.165) is 39.3 Å². The Balaban J connectivity index is 1.77. The zero-order valence-electron chi connectivity index (χ0n) is 18.0. The number of nitrogens with one attached hydrogen (secondary N) is 1.